The highest BCUT2D eigenvalue weighted by molar-refractivity contribution is 7.92. The number of fused-ring (bicyclic) bond motifs is 2. The summed E-state index contributed by atoms with van der Waals surface area (Å²) in [6.45, 7) is 1.18. The first kappa shape index (κ1) is 22.7. The average molecular weight is 493 g/mol. The Morgan fingerprint density at radius 2 is 1.74 bits per heavy atom. The molecule has 1 aliphatic rings. The van der Waals surface area contributed by atoms with Gasteiger partial charge in [-0.05, 0) is 42.8 Å². The first-order chi connectivity index (χ1) is 17.0. The number of hydrogen-bond donors (Lipinski definition) is 3. The second-order valence-corrected chi connectivity index (χ2v) is 9.70. The number of carbonyl (C=O) groups excluding carboxylic acids is 1. The zero-order valence-electron chi connectivity index (χ0n) is 18.8. The van der Waals surface area contributed by atoms with Crippen LogP contribution in [-0.4, -0.2) is 44.1 Å². The van der Waals surface area contributed by atoms with Gasteiger partial charge in [-0.25, -0.2) is 13.4 Å². The monoisotopic (exact) mass is 492 g/mol. The van der Waals surface area contributed by atoms with E-state index in [-0.39, 0.29) is 22.1 Å². The van der Waals surface area contributed by atoms with E-state index < -0.39 is 10.0 Å². The topological polar surface area (TPSA) is 122 Å². The molecule has 1 amide bonds. The lowest BCUT2D eigenvalue weighted by molar-refractivity contribution is 0.0954. The van der Waals surface area contributed by atoms with E-state index in [2.05, 4.69) is 20.0 Å². The summed E-state index contributed by atoms with van der Waals surface area (Å²) >= 11 is 0. The van der Waals surface area contributed by atoms with E-state index in [9.17, 15) is 13.2 Å². The molecule has 0 saturated carbocycles. The first-order valence-electron chi connectivity index (χ1n) is 11.2. The highest BCUT2D eigenvalue weighted by atomic mass is 32.2. The number of rotatable bonds is 8. The molecule has 0 unspecified atom stereocenters. The fourth-order valence-electron chi connectivity index (χ4n) is 3.84. The van der Waals surface area contributed by atoms with Gasteiger partial charge in [0.2, 0.25) is 0 Å². The summed E-state index contributed by atoms with van der Waals surface area (Å²) in [6.07, 6.45) is 1.35. The number of carbonyl (C=O) groups is 1. The predicted molar refractivity (Wildman–Crippen MR) is 131 cm³/mol. The molecule has 35 heavy (non-hydrogen) atoms. The minimum Gasteiger partial charge on any atom is -0.486 e. The molecule has 1 aliphatic heterocycles. The van der Waals surface area contributed by atoms with Gasteiger partial charge in [0.25, 0.3) is 15.9 Å². The fourth-order valence-corrected chi connectivity index (χ4v) is 4.94. The van der Waals surface area contributed by atoms with Crippen molar-refractivity contribution in [3.63, 3.8) is 0 Å². The number of sulfonamides is 1. The van der Waals surface area contributed by atoms with E-state index in [0.717, 1.165) is 16.9 Å². The minimum atomic E-state index is -3.95. The van der Waals surface area contributed by atoms with Gasteiger partial charge in [0.15, 0.2) is 11.5 Å². The Hall–Kier alpha value is -4.05. The smallest absolute Gasteiger partial charge is 0.262 e. The van der Waals surface area contributed by atoms with Crippen LogP contribution in [0, 0.1) is 0 Å². The zero-order valence-corrected chi connectivity index (χ0v) is 19.6. The van der Waals surface area contributed by atoms with Crippen LogP contribution in [-0.2, 0) is 16.4 Å². The van der Waals surface area contributed by atoms with Crippen LogP contribution in [0.4, 0.5) is 5.69 Å². The Morgan fingerprint density at radius 1 is 0.971 bits per heavy atom. The zero-order chi connectivity index (χ0) is 24.3. The van der Waals surface area contributed by atoms with Crippen molar-refractivity contribution >= 4 is 32.7 Å². The second-order valence-electron chi connectivity index (χ2n) is 8.02. The van der Waals surface area contributed by atoms with Crippen LogP contribution in [0.25, 0.3) is 11.0 Å². The molecule has 9 nitrogen and oxygen atoms in total. The molecule has 180 valence electrons. The molecule has 2 heterocycles. The number of nitrogens with one attached hydrogen (secondary N) is 3. The number of ether oxygens (including phenoxy) is 2. The summed E-state index contributed by atoms with van der Waals surface area (Å²) in [7, 11) is -3.95. The van der Waals surface area contributed by atoms with Gasteiger partial charge in [-0.2, -0.15) is 0 Å². The third-order valence-corrected chi connectivity index (χ3v) is 6.92. The van der Waals surface area contributed by atoms with Crippen LogP contribution in [0.5, 0.6) is 11.5 Å². The van der Waals surface area contributed by atoms with Gasteiger partial charge in [-0.15, -0.1) is 0 Å². The van der Waals surface area contributed by atoms with Crippen LogP contribution in [0.2, 0.25) is 0 Å². The van der Waals surface area contributed by atoms with Gasteiger partial charge in [0.1, 0.15) is 19.0 Å². The largest absolute Gasteiger partial charge is 0.486 e. The molecule has 1 aromatic heterocycles. The molecular weight excluding hydrogens is 468 g/mol. The van der Waals surface area contributed by atoms with Crippen molar-refractivity contribution in [1.82, 2.24) is 15.3 Å². The van der Waals surface area contributed by atoms with Gasteiger partial charge in [-0.3, -0.25) is 9.52 Å². The van der Waals surface area contributed by atoms with Crippen molar-refractivity contribution in [1.29, 1.82) is 0 Å². The highest BCUT2D eigenvalue weighted by Crippen LogP contribution is 2.33. The third kappa shape index (κ3) is 5.07. The lowest BCUT2D eigenvalue weighted by Gasteiger charge is -2.19. The second kappa shape index (κ2) is 9.67. The summed E-state index contributed by atoms with van der Waals surface area (Å²) in [5.74, 6) is 1.36. The molecule has 0 fully saturated rings. The number of anilines is 1. The fraction of sp³-hybridized carbons (Fsp3) is 0.200. The number of benzene rings is 3. The molecule has 3 aromatic carbocycles. The number of nitrogens with zero attached hydrogens (tertiary/aromatic N) is 1. The van der Waals surface area contributed by atoms with E-state index in [0.29, 0.717) is 44.1 Å². The maximum atomic E-state index is 13.0. The van der Waals surface area contributed by atoms with E-state index in [1.54, 1.807) is 30.3 Å². The van der Waals surface area contributed by atoms with Crippen molar-refractivity contribution in [3.05, 3.63) is 78.1 Å². The molecule has 4 aromatic rings. The molecule has 0 spiro atoms. The molecule has 10 heteroatoms. The van der Waals surface area contributed by atoms with Gasteiger partial charge < -0.3 is 19.8 Å². The summed E-state index contributed by atoms with van der Waals surface area (Å²) in [5, 5.41) is 2.86. The number of aryl methyl sites for hydroxylation is 1. The van der Waals surface area contributed by atoms with E-state index in [1.165, 1.54) is 12.1 Å². The van der Waals surface area contributed by atoms with Crippen molar-refractivity contribution in [2.75, 3.05) is 24.5 Å². The maximum absolute atomic E-state index is 13.0. The lowest BCUT2D eigenvalue weighted by Crippen LogP contribution is -2.26. The average Bonchev–Trinajstić information content (AvgIpc) is 3.29. The normalized spacial score (nSPS) is 12.9. The molecule has 3 N–H and O–H groups in total. The molecular formula is C25H24N4O5S. The van der Waals surface area contributed by atoms with Gasteiger partial charge in [-0.1, -0.05) is 24.3 Å². The van der Waals surface area contributed by atoms with E-state index in [1.807, 2.05) is 24.3 Å². The number of imidazole rings is 1. The lowest BCUT2D eigenvalue weighted by atomic mass is 10.1. The Balaban J connectivity index is 1.23. The SMILES string of the molecule is O=C(NCCCc1nc2ccccc2[nH]1)c1ccccc1NS(=O)(=O)c1ccc2c(c1)OCCO2. The number of para-hydroxylation sites is 3. The van der Waals surface area contributed by atoms with Crippen LogP contribution in [0.3, 0.4) is 0 Å². The van der Waals surface area contributed by atoms with Gasteiger partial charge >= 0.3 is 0 Å². The highest BCUT2D eigenvalue weighted by Gasteiger charge is 2.21. The Kier molecular flexibility index (Phi) is 6.28. The van der Waals surface area contributed by atoms with Crippen LogP contribution in [0.1, 0.15) is 22.6 Å². The van der Waals surface area contributed by atoms with Crippen molar-refractivity contribution < 1.29 is 22.7 Å². The summed E-state index contributed by atoms with van der Waals surface area (Å²) in [5.41, 5.74) is 2.31. The number of amides is 1. The quantitative estimate of drug-likeness (QED) is 0.324. The number of aromatic amines is 1. The molecule has 0 aliphatic carbocycles. The summed E-state index contributed by atoms with van der Waals surface area (Å²) in [4.78, 5) is 20.6. The predicted octanol–water partition coefficient (Wildman–Crippen LogP) is 3.50. The van der Waals surface area contributed by atoms with Crippen LogP contribution in [0.15, 0.2) is 71.6 Å². The third-order valence-electron chi connectivity index (χ3n) is 5.55. The van der Waals surface area contributed by atoms with E-state index in [4.69, 9.17) is 9.47 Å². The van der Waals surface area contributed by atoms with Crippen molar-refractivity contribution in [2.45, 2.75) is 17.7 Å². The van der Waals surface area contributed by atoms with Gasteiger partial charge in [0.05, 0.1) is 27.2 Å². The molecule has 0 bridgehead atoms. The minimum absolute atomic E-state index is 0.0165. The standard InChI is InChI=1S/C25H24N4O5S/c30-25(26-13-5-10-24-27-20-8-3-4-9-21(20)28-24)18-6-1-2-7-19(18)29-35(31,32)17-11-12-22-23(16-17)34-15-14-33-22/h1-4,6-9,11-12,16,29H,5,10,13-15H2,(H,26,30)(H,27,28). The van der Waals surface area contributed by atoms with E-state index >= 15 is 0 Å². The number of hydrogen-bond acceptors (Lipinski definition) is 6. The van der Waals surface area contributed by atoms with Crippen LogP contribution < -0.4 is 19.5 Å². The number of H-pyrrole nitrogens is 1. The summed E-state index contributed by atoms with van der Waals surface area (Å²) in [6, 6.07) is 18.7. The van der Waals surface area contributed by atoms with Crippen molar-refractivity contribution in [2.24, 2.45) is 0 Å². The van der Waals surface area contributed by atoms with Crippen molar-refractivity contribution in [3.8, 4) is 11.5 Å². The van der Waals surface area contributed by atoms with Crippen LogP contribution >= 0.6 is 0 Å². The maximum Gasteiger partial charge on any atom is 0.262 e. The first-order valence-corrected chi connectivity index (χ1v) is 12.7. The Labute approximate surface area is 202 Å². The summed E-state index contributed by atoms with van der Waals surface area (Å²) < 4.78 is 39.5. The van der Waals surface area contributed by atoms with Gasteiger partial charge in [0, 0.05) is 19.0 Å². The molecule has 5 rings (SSSR count). The Morgan fingerprint density at radius 3 is 2.60 bits per heavy atom. The molecule has 0 saturated heterocycles. The molecule has 0 radical (unpaired) electrons. The Bertz CT molecular complexity index is 1450. The molecule has 0 atom stereocenters. The number of aromatic nitrogens is 2.